The summed E-state index contributed by atoms with van der Waals surface area (Å²) in [6.45, 7) is 4.15. The van der Waals surface area contributed by atoms with Gasteiger partial charge in [0.1, 0.15) is 6.20 Å². The third-order valence-corrected chi connectivity index (χ3v) is 1.43. The lowest BCUT2D eigenvalue weighted by Crippen LogP contribution is -1.99. The monoisotopic (exact) mass is 187 g/mol. The molecule has 1 aromatic rings. The van der Waals surface area contributed by atoms with Crippen molar-refractivity contribution in [3.05, 3.63) is 16.9 Å². The molecule has 0 aliphatic heterocycles. The molecule has 0 amide bonds. The lowest BCUT2D eigenvalue weighted by Gasteiger charge is -2.01. The summed E-state index contributed by atoms with van der Waals surface area (Å²) in [6, 6.07) is 0.424. The fourth-order valence-electron chi connectivity index (χ4n) is 0.544. The Labute approximate surface area is 63.0 Å². The van der Waals surface area contributed by atoms with Gasteiger partial charge in [-0.2, -0.15) is 5.10 Å². The van der Waals surface area contributed by atoms with Crippen molar-refractivity contribution < 1.29 is 0 Å². The lowest BCUT2D eigenvalue weighted by atomic mass is 10.4. The maximum Gasteiger partial charge on any atom is 0.128 e. The van der Waals surface area contributed by atoms with Gasteiger partial charge in [-0.05, 0) is 29.8 Å². The van der Waals surface area contributed by atoms with Crippen molar-refractivity contribution in [2.45, 2.75) is 19.9 Å². The predicted molar refractivity (Wildman–Crippen MR) is 39.1 cm³/mol. The average Bonchev–Trinajstić information content (AvgIpc) is 2.14. The van der Waals surface area contributed by atoms with Crippen LogP contribution in [-0.2, 0) is 0 Å². The highest BCUT2D eigenvalue weighted by molar-refractivity contribution is 9.10. The Morgan fingerprint density at radius 3 is 2.67 bits per heavy atom. The number of hydrogen-bond donors (Lipinski definition) is 0. The molecule has 1 rings (SSSR count). The summed E-state index contributed by atoms with van der Waals surface area (Å²) in [5.41, 5.74) is 0. The first-order chi connectivity index (χ1) is 4.20. The second-order valence-corrected chi connectivity index (χ2v) is 3.02. The molecule has 9 heavy (non-hydrogen) atoms. The Kier molecular flexibility index (Phi) is 1.90. The van der Waals surface area contributed by atoms with Gasteiger partial charge in [-0.3, -0.25) is 4.68 Å². The first-order valence-corrected chi connectivity index (χ1v) is 3.62. The smallest absolute Gasteiger partial charge is 0.128 e. The van der Waals surface area contributed by atoms with Gasteiger partial charge in [0.25, 0.3) is 0 Å². The van der Waals surface area contributed by atoms with Crippen LogP contribution in [0.4, 0.5) is 0 Å². The van der Waals surface area contributed by atoms with Crippen LogP contribution in [0.5, 0.6) is 0 Å². The van der Waals surface area contributed by atoms with E-state index in [0.29, 0.717) is 6.04 Å². The van der Waals surface area contributed by atoms with Crippen LogP contribution in [0.2, 0.25) is 0 Å². The number of rotatable bonds is 1. The van der Waals surface area contributed by atoms with Crippen LogP contribution in [0.25, 0.3) is 0 Å². The second-order valence-electron chi connectivity index (χ2n) is 2.16. The highest BCUT2D eigenvalue weighted by atomic mass is 79.9. The van der Waals surface area contributed by atoms with Crippen molar-refractivity contribution in [1.29, 1.82) is 0 Å². The van der Waals surface area contributed by atoms with Gasteiger partial charge < -0.3 is 0 Å². The van der Waals surface area contributed by atoms with E-state index in [1.807, 2.05) is 10.9 Å². The van der Waals surface area contributed by atoms with E-state index in [1.54, 1.807) is 0 Å². The maximum absolute atomic E-state index is 3.96. The fraction of sp³-hybridized carbons (Fsp3) is 0.500. The van der Waals surface area contributed by atoms with E-state index in [1.165, 1.54) is 0 Å². The topological polar surface area (TPSA) is 17.8 Å². The minimum absolute atomic E-state index is 0.424. The van der Waals surface area contributed by atoms with Gasteiger partial charge in [0.2, 0.25) is 0 Å². The molecule has 0 N–H and O–H groups in total. The highest BCUT2D eigenvalue weighted by Gasteiger charge is 1.97. The van der Waals surface area contributed by atoms with Crippen LogP contribution in [0.15, 0.2) is 10.7 Å². The second kappa shape index (κ2) is 2.52. The van der Waals surface area contributed by atoms with Gasteiger partial charge in [0, 0.05) is 12.2 Å². The van der Waals surface area contributed by atoms with Crippen LogP contribution >= 0.6 is 15.9 Å². The zero-order chi connectivity index (χ0) is 6.85. The molecule has 3 heteroatoms. The Hall–Kier alpha value is -0.310. The summed E-state index contributed by atoms with van der Waals surface area (Å²) in [7, 11) is 0. The van der Waals surface area contributed by atoms with E-state index in [-0.39, 0.29) is 0 Å². The molecule has 0 saturated carbocycles. The maximum atomic E-state index is 3.96. The third-order valence-electron chi connectivity index (χ3n) is 1.05. The van der Waals surface area contributed by atoms with E-state index in [2.05, 4.69) is 41.1 Å². The highest BCUT2D eigenvalue weighted by Crippen LogP contribution is 2.09. The molecule has 1 aromatic heterocycles. The van der Waals surface area contributed by atoms with Crippen molar-refractivity contribution >= 4 is 15.9 Å². The molecule has 1 radical (unpaired) electrons. The van der Waals surface area contributed by atoms with E-state index >= 15 is 0 Å². The first kappa shape index (κ1) is 6.81. The van der Waals surface area contributed by atoms with Crippen molar-refractivity contribution in [3.63, 3.8) is 0 Å². The Morgan fingerprint density at radius 1 is 1.78 bits per heavy atom. The molecule has 0 unspecified atom stereocenters. The van der Waals surface area contributed by atoms with E-state index < -0.39 is 0 Å². The minimum Gasteiger partial charge on any atom is -0.268 e. The van der Waals surface area contributed by atoms with Crippen molar-refractivity contribution in [2.24, 2.45) is 0 Å². The number of aromatic nitrogens is 2. The van der Waals surface area contributed by atoms with E-state index in [9.17, 15) is 0 Å². The van der Waals surface area contributed by atoms with Crippen LogP contribution in [0, 0.1) is 6.20 Å². The Bertz CT molecular complexity index is 193. The molecule has 2 nitrogen and oxygen atoms in total. The molecular formula is C6H8BrN2. The Balaban J connectivity index is 2.85. The lowest BCUT2D eigenvalue weighted by molar-refractivity contribution is 0.531. The van der Waals surface area contributed by atoms with Crippen molar-refractivity contribution in [1.82, 2.24) is 9.78 Å². The van der Waals surface area contributed by atoms with Crippen LogP contribution in [0.3, 0.4) is 0 Å². The van der Waals surface area contributed by atoms with Crippen LogP contribution in [0.1, 0.15) is 19.9 Å². The molecule has 0 aliphatic carbocycles. The summed E-state index contributed by atoms with van der Waals surface area (Å²) in [6.07, 6.45) is 4.69. The SMILES string of the molecule is CC(C)n1cc(Br)[c]n1. The molecule has 0 aliphatic rings. The van der Waals surface area contributed by atoms with E-state index in [0.717, 1.165) is 4.47 Å². The van der Waals surface area contributed by atoms with Gasteiger partial charge in [0.15, 0.2) is 0 Å². The zero-order valence-electron chi connectivity index (χ0n) is 5.43. The van der Waals surface area contributed by atoms with Gasteiger partial charge in [-0.1, -0.05) is 0 Å². The quantitative estimate of drug-likeness (QED) is 0.659. The average molecular weight is 188 g/mol. The molecule has 0 spiro atoms. The summed E-state index contributed by atoms with van der Waals surface area (Å²) in [4.78, 5) is 0. The standard InChI is InChI=1S/C6H8BrN2/c1-5(2)9-4-6(7)3-8-9/h4-5H,1-2H3. The minimum atomic E-state index is 0.424. The van der Waals surface area contributed by atoms with Gasteiger partial charge in [-0.25, -0.2) is 0 Å². The summed E-state index contributed by atoms with van der Waals surface area (Å²) < 4.78 is 2.76. The summed E-state index contributed by atoms with van der Waals surface area (Å²) in [5.74, 6) is 0. The fourth-order valence-corrected chi connectivity index (χ4v) is 0.833. The van der Waals surface area contributed by atoms with Gasteiger partial charge in [0.05, 0.1) is 4.47 Å². The Morgan fingerprint density at radius 2 is 2.44 bits per heavy atom. The molecule has 0 saturated heterocycles. The van der Waals surface area contributed by atoms with Gasteiger partial charge >= 0.3 is 0 Å². The summed E-state index contributed by atoms with van der Waals surface area (Å²) in [5, 5.41) is 3.96. The molecule has 0 aromatic carbocycles. The van der Waals surface area contributed by atoms with Gasteiger partial charge in [-0.15, -0.1) is 0 Å². The first-order valence-electron chi connectivity index (χ1n) is 2.82. The van der Waals surface area contributed by atoms with Crippen LogP contribution < -0.4 is 0 Å². The molecule has 49 valence electrons. The zero-order valence-corrected chi connectivity index (χ0v) is 7.01. The normalized spacial score (nSPS) is 10.7. The predicted octanol–water partition coefficient (Wildman–Crippen LogP) is 2.03. The van der Waals surface area contributed by atoms with Crippen LogP contribution in [-0.4, -0.2) is 9.78 Å². The largest absolute Gasteiger partial charge is 0.268 e. The molecule has 1 heterocycles. The molecule has 0 atom stereocenters. The number of hydrogen-bond acceptors (Lipinski definition) is 1. The summed E-state index contributed by atoms with van der Waals surface area (Å²) >= 11 is 3.26. The van der Waals surface area contributed by atoms with Crippen molar-refractivity contribution in [2.75, 3.05) is 0 Å². The molecular weight excluding hydrogens is 180 g/mol. The number of nitrogens with zero attached hydrogens (tertiary/aromatic N) is 2. The molecule has 0 bridgehead atoms. The van der Waals surface area contributed by atoms with Crippen molar-refractivity contribution in [3.8, 4) is 0 Å². The third kappa shape index (κ3) is 1.55. The van der Waals surface area contributed by atoms with E-state index in [4.69, 9.17) is 0 Å². The number of halogens is 1. The molecule has 0 fully saturated rings.